The zero-order valence-corrected chi connectivity index (χ0v) is 37.8. The molecule has 3 nitrogen and oxygen atoms in total. The first-order valence-corrected chi connectivity index (χ1v) is 23.4. The van der Waals surface area contributed by atoms with Crippen LogP contribution >= 0.6 is 0 Å². The number of benzene rings is 9. The first-order valence-electron chi connectivity index (χ1n) is 23.4. The van der Waals surface area contributed by atoms with Crippen molar-refractivity contribution in [1.82, 2.24) is 0 Å². The standard InChI is InChI=1S/C64H49N3/c1-3-16-51-39-52(26-25-44(51)2)55-42-62-64-63(43-55)66(57-35-29-50(30-36-57)46-19-10-5-11-20-46)59-38-32-54(48-23-14-7-15-24-48)41-61(59)67(64)60-40-53(47-21-12-6-13-22-47)31-37-58(60)65(62)56-33-27-49(28-34-56)45-17-8-4-9-18-45/h3-4,6-10,12-43H,5,11H2,1-2H3/b16-3-. The monoisotopic (exact) mass is 859 g/mol. The average Bonchev–Trinajstić information content (AvgIpc) is 3.40. The Balaban J connectivity index is 1.16. The van der Waals surface area contributed by atoms with E-state index >= 15 is 0 Å². The Morgan fingerprint density at radius 2 is 0.821 bits per heavy atom. The molecular weight excluding hydrogens is 811 g/mol. The third kappa shape index (κ3) is 7.17. The summed E-state index contributed by atoms with van der Waals surface area (Å²) in [5, 5.41) is 0. The Morgan fingerprint density at radius 3 is 1.33 bits per heavy atom. The minimum Gasteiger partial charge on any atom is -0.306 e. The van der Waals surface area contributed by atoms with Gasteiger partial charge in [0.1, 0.15) is 0 Å². The molecule has 0 amide bonds. The zero-order valence-electron chi connectivity index (χ0n) is 37.8. The predicted molar refractivity (Wildman–Crippen MR) is 285 cm³/mol. The quantitative estimate of drug-likeness (QED) is 0.151. The summed E-state index contributed by atoms with van der Waals surface area (Å²) in [7, 11) is 0. The third-order valence-electron chi connectivity index (χ3n) is 13.5. The van der Waals surface area contributed by atoms with Gasteiger partial charge in [0.15, 0.2) is 0 Å². The summed E-state index contributed by atoms with van der Waals surface area (Å²) < 4.78 is 0. The van der Waals surface area contributed by atoms with Gasteiger partial charge in [-0.05, 0) is 160 Å². The van der Waals surface area contributed by atoms with E-state index in [1.54, 1.807) is 0 Å². The second kappa shape index (κ2) is 16.9. The first kappa shape index (κ1) is 40.1. The second-order valence-electron chi connectivity index (χ2n) is 17.7. The van der Waals surface area contributed by atoms with Crippen LogP contribution in [0.4, 0.5) is 51.2 Å². The fraction of sp³-hybridized carbons (Fsp3) is 0.0625. The van der Waals surface area contributed by atoms with Crippen LogP contribution in [0.2, 0.25) is 0 Å². The van der Waals surface area contributed by atoms with Gasteiger partial charge in [0.2, 0.25) is 0 Å². The molecule has 9 aromatic carbocycles. The SMILES string of the molecule is C/C=C\c1cc(-c2cc3c4c(c2)N(c2ccc(-c5ccccc5)cc2)c2ccc(-c5ccccc5)cc2N4c2cc(-c4ccccc4)ccc2N3c2ccc(C3=CCCC=C3)cc2)ccc1C. The molecule has 2 aliphatic heterocycles. The number of rotatable bonds is 8. The summed E-state index contributed by atoms with van der Waals surface area (Å²) in [6.45, 7) is 4.29. The fourth-order valence-electron chi connectivity index (χ4n) is 10.2. The van der Waals surface area contributed by atoms with Gasteiger partial charge in [0, 0.05) is 11.4 Å². The highest BCUT2D eigenvalue weighted by molar-refractivity contribution is 6.14. The average molecular weight is 860 g/mol. The largest absolute Gasteiger partial charge is 0.306 e. The van der Waals surface area contributed by atoms with Crippen molar-refractivity contribution in [2.45, 2.75) is 26.7 Å². The molecule has 320 valence electrons. The van der Waals surface area contributed by atoms with Crippen molar-refractivity contribution in [3.8, 4) is 44.5 Å². The van der Waals surface area contributed by atoms with Crippen molar-refractivity contribution in [2.24, 2.45) is 0 Å². The van der Waals surface area contributed by atoms with Crippen LogP contribution < -0.4 is 14.7 Å². The normalized spacial score (nSPS) is 13.6. The van der Waals surface area contributed by atoms with Gasteiger partial charge in [-0.2, -0.15) is 0 Å². The smallest absolute Gasteiger partial charge is 0.0948 e. The number of anilines is 9. The minimum atomic E-state index is 1.07. The van der Waals surface area contributed by atoms with E-state index in [0.717, 1.165) is 69.6 Å². The Hall–Kier alpha value is -8.40. The van der Waals surface area contributed by atoms with E-state index in [1.807, 2.05) is 0 Å². The molecule has 67 heavy (non-hydrogen) atoms. The summed E-state index contributed by atoms with van der Waals surface area (Å²) in [4.78, 5) is 7.55. The lowest BCUT2D eigenvalue weighted by molar-refractivity contribution is 1.04. The van der Waals surface area contributed by atoms with Gasteiger partial charge in [-0.25, -0.2) is 0 Å². The van der Waals surface area contributed by atoms with Crippen LogP contribution in [0.3, 0.4) is 0 Å². The van der Waals surface area contributed by atoms with E-state index in [4.69, 9.17) is 0 Å². The van der Waals surface area contributed by atoms with Crippen molar-refractivity contribution >= 4 is 62.8 Å². The van der Waals surface area contributed by atoms with E-state index in [0.29, 0.717) is 0 Å². The molecule has 1 aliphatic carbocycles. The van der Waals surface area contributed by atoms with Crippen LogP contribution in [-0.4, -0.2) is 0 Å². The number of hydrogen-bond acceptors (Lipinski definition) is 3. The van der Waals surface area contributed by atoms with E-state index < -0.39 is 0 Å². The number of aryl methyl sites for hydroxylation is 1. The number of fused-ring (bicyclic) bond motifs is 4. The molecule has 0 bridgehead atoms. The van der Waals surface area contributed by atoms with Crippen LogP contribution in [0.25, 0.3) is 56.2 Å². The Labute approximate surface area is 394 Å². The first-order chi connectivity index (χ1) is 33.1. The predicted octanol–water partition coefficient (Wildman–Crippen LogP) is 18.5. The maximum absolute atomic E-state index is 2.55. The molecule has 0 N–H and O–H groups in total. The molecule has 0 unspecified atom stereocenters. The van der Waals surface area contributed by atoms with Crippen LogP contribution in [0.1, 0.15) is 36.5 Å². The van der Waals surface area contributed by atoms with Gasteiger partial charge in [-0.3, -0.25) is 0 Å². The Morgan fingerprint density at radius 1 is 0.373 bits per heavy atom. The molecule has 2 heterocycles. The topological polar surface area (TPSA) is 9.72 Å². The molecule has 9 aromatic rings. The lowest BCUT2D eigenvalue weighted by Crippen LogP contribution is -2.30. The molecule has 0 saturated carbocycles. The van der Waals surface area contributed by atoms with Gasteiger partial charge in [0.25, 0.3) is 0 Å². The zero-order chi connectivity index (χ0) is 44.8. The van der Waals surface area contributed by atoms with Crippen molar-refractivity contribution in [3.63, 3.8) is 0 Å². The molecule has 0 atom stereocenters. The van der Waals surface area contributed by atoms with Gasteiger partial charge in [-0.15, -0.1) is 0 Å². The van der Waals surface area contributed by atoms with Crippen LogP contribution in [-0.2, 0) is 0 Å². The van der Waals surface area contributed by atoms with Crippen LogP contribution in [0, 0.1) is 6.92 Å². The molecule has 3 heteroatoms. The van der Waals surface area contributed by atoms with Crippen molar-refractivity contribution in [2.75, 3.05) is 14.7 Å². The van der Waals surface area contributed by atoms with Crippen LogP contribution in [0.5, 0.6) is 0 Å². The van der Waals surface area contributed by atoms with E-state index in [1.165, 1.54) is 61.2 Å². The maximum atomic E-state index is 2.55. The molecular formula is C64H49N3. The highest BCUT2D eigenvalue weighted by Gasteiger charge is 2.40. The summed E-state index contributed by atoms with van der Waals surface area (Å²) in [6.07, 6.45) is 13.4. The molecule has 0 spiro atoms. The Bertz CT molecular complexity index is 3400. The fourth-order valence-corrected chi connectivity index (χ4v) is 10.2. The lowest BCUT2D eigenvalue weighted by atomic mass is 9.91. The van der Waals surface area contributed by atoms with Gasteiger partial charge >= 0.3 is 0 Å². The molecule has 12 rings (SSSR count). The summed E-state index contributed by atoms with van der Waals surface area (Å²) in [6, 6.07) is 76.3. The highest BCUT2D eigenvalue weighted by atomic mass is 15.3. The van der Waals surface area contributed by atoms with E-state index in [9.17, 15) is 0 Å². The maximum Gasteiger partial charge on any atom is 0.0948 e. The summed E-state index contributed by atoms with van der Waals surface area (Å²) in [5.74, 6) is 0. The van der Waals surface area contributed by atoms with Crippen molar-refractivity contribution in [3.05, 3.63) is 247 Å². The highest BCUT2D eigenvalue weighted by Crippen LogP contribution is 2.65. The van der Waals surface area contributed by atoms with E-state index in [-0.39, 0.29) is 0 Å². The molecule has 3 aliphatic rings. The second-order valence-corrected chi connectivity index (χ2v) is 17.7. The minimum absolute atomic E-state index is 1.07. The van der Waals surface area contributed by atoms with Gasteiger partial charge in [-0.1, -0.05) is 170 Å². The lowest BCUT2D eigenvalue weighted by Gasteiger charge is -2.47. The van der Waals surface area contributed by atoms with Crippen molar-refractivity contribution in [1.29, 1.82) is 0 Å². The molecule has 0 aromatic heterocycles. The van der Waals surface area contributed by atoms with Crippen LogP contribution in [0.15, 0.2) is 231 Å². The Kier molecular flexibility index (Phi) is 10.1. The number of nitrogens with zero attached hydrogens (tertiary/aromatic N) is 3. The number of hydrogen-bond donors (Lipinski definition) is 0. The molecule has 0 radical (unpaired) electrons. The molecule has 0 fully saturated rings. The van der Waals surface area contributed by atoms with Gasteiger partial charge < -0.3 is 14.7 Å². The number of allylic oxidation sites excluding steroid dienone is 5. The van der Waals surface area contributed by atoms with Gasteiger partial charge in [0.05, 0.1) is 39.8 Å². The summed E-state index contributed by atoms with van der Waals surface area (Å²) in [5.41, 5.74) is 24.5. The van der Waals surface area contributed by atoms with E-state index in [2.05, 4.69) is 265 Å². The van der Waals surface area contributed by atoms with Crippen molar-refractivity contribution < 1.29 is 0 Å². The molecule has 0 saturated heterocycles. The summed E-state index contributed by atoms with van der Waals surface area (Å²) >= 11 is 0. The third-order valence-corrected chi connectivity index (χ3v) is 13.5.